The summed E-state index contributed by atoms with van der Waals surface area (Å²) in [6, 6.07) is 16.3. The molecule has 0 atom stereocenters. The highest BCUT2D eigenvalue weighted by atomic mass is 32.2. The van der Waals surface area contributed by atoms with Gasteiger partial charge in [0.1, 0.15) is 12.4 Å². The first-order valence-electron chi connectivity index (χ1n) is 9.51. The van der Waals surface area contributed by atoms with Crippen LogP contribution in [0.25, 0.3) is 0 Å². The molecular formula is C22H25N3O4S. The van der Waals surface area contributed by atoms with E-state index in [1.807, 2.05) is 36.7 Å². The summed E-state index contributed by atoms with van der Waals surface area (Å²) in [6.45, 7) is 4.69. The van der Waals surface area contributed by atoms with Crippen LogP contribution >= 0.6 is 0 Å². The van der Waals surface area contributed by atoms with Gasteiger partial charge < -0.3 is 10.1 Å². The number of amides is 1. The van der Waals surface area contributed by atoms with Crippen LogP contribution in [0.4, 0.5) is 5.69 Å². The van der Waals surface area contributed by atoms with Gasteiger partial charge >= 0.3 is 0 Å². The Kier molecular flexibility index (Phi) is 6.56. The standard InChI is InChI=1S/C22H25N3O4S/c1-16-13-17(2)25(24-16)15-18-7-9-19(10-8-18)22(26)23-20-5-4-6-21(14-20)29-11-12-30(3,27)28/h4-10,13-14H,11-12,15H2,1-3H3,(H,23,26). The summed E-state index contributed by atoms with van der Waals surface area (Å²) in [5.74, 6) is 0.200. The summed E-state index contributed by atoms with van der Waals surface area (Å²) in [5.41, 5.74) is 4.23. The maximum absolute atomic E-state index is 12.5. The van der Waals surface area contributed by atoms with Crippen molar-refractivity contribution in [2.24, 2.45) is 0 Å². The van der Waals surface area contributed by atoms with Crippen LogP contribution in [0.15, 0.2) is 54.6 Å². The number of aryl methyl sites for hydroxylation is 2. The molecule has 1 heterocycles. The lowest BCUT2D eigenvalue weighted by molar-refractivity contribution is 0.102. The van der Waals surface area contributed by atoms with Gasteiger partial charge in [-0.1, -0.05) is 18.2 Å². The summed E-state index contributed by atoms with van der Waals surface area (Å²) in [5, 5.41) is 7.29. The Morgan fingerprint density at radius 2 is 1.83 bits per heavy atom. The summed E-state index contributed by atoms with van der Waals surface area (Å²) >= 11 is 0. The summed E-state index contributed by atoms with van der Waals surface area (Å²) in [4.78, 5) is 12.5. The molecule has 8 heteroatoms. The maximum Gasteiger partial charge on any atom is 0.255 e. The molecule has 158 valence electrons. The summed E-state index contributed by atoms with van der Waals surface area (Å²) in [6.07, 6.45) is 1.16. The average Bonchev–Trinajstić information content (AvgIpc) is 2.98. The lowest BCUT2D eigenvalue weighted by Crippen LogP contribution is -2.13. The van der Waals surface area contributed by atoms with Crippen molar-refractivity contribution in [2.45, 2.75) is 20.4 Å². The zero-order valence-electron chi connectivity index (χ0n) is 17.3. The number of carbonyl (C=O) groups excluding carboxylic acids is 1. The Morgan fingerprint density at radius 1 is 1.10 bits per heavy atom. The van der Waals surface area contributed by atoms with Crippen LogP contribution in [-0.4, -0.2) is 42.7 Å². The van der Waals surface area contributed by atoms with Crippen molar-refractivity contribution < 1.29 is 17.9 Å². The number of sulfone groups is 1. The first kappa shape index (κ1) is 21.6. The topological polar surface area (TPSA) is 90.3 Å². The van der Waals surface area contributed by atoms with E-state index < -0.39 is 9.84 Å². The van der Waals surface area contributed by atoms with Crippen LogP contribution in [0, 0.1) is 13.8 Å². The smallest absolute Gasteiger partial charge is 0.255 e. The second kappa shape index (κ2) is 9.13. The monoisotopic (exact) mass is 427 g/mol. The second-order valence-corrected chi connectivity index (χ2v) is 9.50. The highest BCUT2D eigenvalue weighted by Gasteiger charge is 2.09. The van der Waals surface area contributed by atoms with Crippen molar-refractivity contribution in [1.82, 2.24) is 9.78 Å². The molecule has 7 nitrogen and oxygen atoms in total. The van der Waals surface area contributed by atoms with Crippen LogP contribution in [0.3, 0.4) is 0 Å². The molecule has 0 spiro atoms. The molecule has 0 bridgehead atoms. The number of benzene rings is 2. The first-order valence-corrected chi connectivity index (χ1v) is 11.6. The number of ether oxygens (including phenoxy) is 1. The number of carbonyl (C=O) groups is 1. The first-order chi connectivity index (χ1) is 14.2. The number of nitrogens with zero attached hydrogens (tertiary/aromatic N) is 2. The highest BCUT2D eigenvalue weighted by Crippen LogP contribution is 2.18. The van der Waals surface area contributed by atoms with Crippen molar-refractivity contribution in [1.29, 1.82) is 0 Å². The summed E-state index contributed by atoms with van der Waals surface area (Å²) in [7, 11) is -3.08. The van der Waals surface area contributed by atoms with Gasteiger partial charge in [0.15, 0.2) is 9.84 Å². The fourth-order valence-electron chi connectivity index (χ4n) is 2.95. The van der Waals surface area contributed by atoms with Gasteiger partial charge in [-0.2, -0.15) is 5.10 Å². The van der Waals surface area contributed by atoms with Crippen molar-refractivity contribution in [3.8, 4) is 5.75 Å². The fraction of sp³-hybridized carbons (Fsp3) is 0.273. The molecule has 0 saturated heterocycles. The highest BCUT2D eigenvalue weighted by molar-refractivity contribution is 7.90. The van der Waals surface area contributed by atoms with E-state index in [0.29, 0.717) is 23.5 Å². The number of hydrogen-bond acceptors (Lipinski definition) is 5. The van der Waals surface area contributed by atoms with Gasteiger partial charge in [0.2, 0.25) is 0 Å². The largest absolute Gasteiger partial charge is 0.492 e. The molecule has 30 heavy (non-hydrogen) atoms. The molecule has 0 radical (unpaired) electrons. The minimum Gasteiger partial charge on any atom is -0.492 e. The summed E-state index contributed by atoms with van der Waals surface area (Å²) < 4.78 is 29.8. The Balaban J connectivity index is 1.60. The molecule has 0 fully saturated rings. The third kappa shape index (κ3) is 6.18. The third-order valence-corrected chi connectivity index (χ3v) is 5.37. The van der Waals surface area contributed by atoms with E-state index in [1.54, 1.807) is 36.4 Å². The van der Waals surface area contributed by atoms with E-state index in [-0.39, 0.29) is 18.3 Å². The zero-order valence-corrected chi connectivity index (χ0v) is 18.1. The molecule has 3 aromatic rings. The van der Waals surface area contributed by atoms with Crippen molar-refractivity contribution in [2.75, 3.05) is 23.9 Å². The minimum absolute atomic E-state index is 0.0619. The quantitative estimate of drug-likeness (QED) is 0.596. The molecule has 0 aliphatic rings. The number of hydrogen-bond donors (Lipinski definition) is 1. The third-order valence-electron chi connectivity index (χ3n) is 4.47. The second-order valence-electron chi connectivity index (χ2n) is 7.24. The predicted molar refractivity (Wildman–Crippen MR) is 117 cm³/mol. The molecule has 2 aromatic carbocycles. The Hall–Kier alpha value is -3.13. The van der Waals surface area contributed by atoms with Crippen LogP contribution in [0.5, 0.6) is 5.75 Å². The van der Waals surface area contributed by atoms with Gasteiger partial charge in [-0.15, -0.1) is 0 Å². The molecule has 1 N–H and O–H groups in total. The lowest BCUT2D eigenvalue weighted by Gasteiger charge is -2.10. The molecular weight excluding hydrogens is 402 g/mol. The van der Waals surface area contributed by atoms with Crippen LogP contribution in [-0.2, 0) is 16.4 Å². The van der Waals surface area contributed by atoms with E-state index in [1.165, 1.54) is 0 Å². The normalized spacial score (nSPS) is 11.3. The van der Waals surface area contributed by atoms with Gasteiger partial charge in [0.05, 0.1) is 18.0 Å². The molecule has 0 unspecified atom stereocenters. The van der Waals surface area contributed by atoms with Gasteiger partial charge in [-0.25, -0.2) is 8.42 Å². The number of aromatic nitrogens is 2. The van der Waals surface area contributed by atoms with Crippen LogP contribution < -0.4 is 10.1 Å². The van der Waals surface area contributed by atoms with E-state index in [4.69, 9.17) is 4.74 Å². The van der Waals surface area contributed by atoms with Crippen LogP contribution in [0.1, 0.15) is 27.3 Å². The molecule has 1 amide bonds. The molecule has 0 aliphatic heterocycles. The van der Waals surface area contributed by atoms with Gasteiger partial charge in [0, 0.05) is 29.3 Å². The molecule has 3 rings (SSSR count). The van der Waals surface area contributed by atoms with Crippen molar-refractivity contribution in [3.05, 3.63) is 77.1 Å². The van der Waals surface area contributed by atoms with E-state index in [0.717, 1.165) is 23.2 Å². The van der Waals surface area contributed by atoms with Gasteiger partial charge in [-0.3, -0.25) is 9.48 Å². The number of rotatable bonds is 8. The van der Waals surface area contributed by atoms with Gasteiger partial charge in [-0.05, 0) is 49.7 Å². The maximum atomic E-state index is 12.5. The Morgan fingerprint density at radius 3 is 2.47 bits per heavy atom. The Bertz CT molecular complexity index is 1140. The molecule has 0 aliphatic carbocycles. The number of nitrogens with one attached hydrogen (secondary N) is 1. The Labute approximate surface area is 176 Å². The molecule has 1 aromatic heterocycles. The van der Waals surface area contributed by atoms with E-state index in [9.17, 15) is 13.2 Å². The van der Waals surface area contributed by atoms with Crippen molar-refractivity contribution in [3.63, 3.8) is 0 Å². The SMILES string of the molecule is Cc1cc(C)n(Cc2ccc(C(=O)Nc3cccc(OCCS(C)(=O)=O)c3)cc2)n1. The van der Waals surface area contributed by atoms with E-state index >= 15 is 0 Å². The van der Waals surface area contributed by atoms with Crippen molar-refractivity contribution >= 4 is 21.4 Å². The average molecular weight is 428 g/mol. The molecule has 0 saturated carbocycles. The minimum atomic E-state index is -3.08. The van der Waals surface area contributed by atoms with Crippen LogP contribution in [0.2, 0.25) is 0 Å². The fourth-order valence-corrected chi connectivity index (χ4v) is 3.33. The lowest BCUT2D eigenvalue weighted by atomic mass is 10.1. The number of anilines is 1. The van der Waals surface area contributed by atoms with E-state index in [2.05, 4.69) is 10.4 Å². The van der Waals surface area contributed by atoms with Gasteiger partial charge in [0.25, 0.3) is 5.91 Å². The predicted octanol–water partition coefficient (Wildman–Crippen LogP) is 3.22. The zero-order chi connectivity index (χ0) is 21.7.